The molecule has 0 aromatic carbocycles. The van der Waals surface area contributed by atoms with Gasteiger partial charge in [0.05, 0.1) is 0 Å². The monoisotopic (exact) mass is 168 g/mol. The van der Waals surface area contributed by atoms with Crippen molar-refractivity contribution < 1.29 is 0 Å². The minimum absolute atomic E-state index is 0.511. The lowest BCUT2D eigenvalue weighted by atomic mass is 9.89. The van der Waals surface area contributed by atoms with Gasteiger partial charge in [0.15, 0.2) is 0 Å². The van der Waals surface area contributed by atoms with Crippen LogP contribution in [0.4, 0.5) is 0 Å². The maximum absolute atomic E-state index is 3.79. The highest BCUT2D eigenvalue weighted by molar-refractivity contribution is 4.74. The van der Waals surface area contributed by atoms with Crippen LogP contribution in [-0.4, -0.2) is 0 Å². The van der Waals surface area contributed by atoms with E-state index in [9.17, 15) is 0 Å². The maximum Gasteiger partial charge on any atom is -0.0265 e. The third-order valence-corrected chi connectivity index (χ3v) is 2.24. The molecule has 0 aliphatic rings. The highest BCUT2D eigenvalue weighted by Crippen LogP contribution is 2.22. The molecular formula is C12H24. The summed E-state index contributed by atoms with van der Waals surface area (Å²) in [6.07, 6.45) is 7.42. The zero-order chi connectivity index (χ0) is 9.61. The molecule has 72 valence electrons. The molecular weight excluding hydrogens is 144 g/mol. The van der Waals surface area contributed by atoms with Gasteiger partial charge < -0.3 is 0 Å². The number of unbranched alkanes of at least 4 members (excludes halogenated alkanes) is 1. The van der Waals surface area contributed by atoms with Gasteiger partial charge in [0.2, 0.25) is 0 Å². The van der Waals surface area contributed by atoms with Gasteiger partial charge in [-0.05, 0) is 24.2 Å². The van der Waals surface area contributed by atoms with E-state index in [1.54, 1.807) is 0 Å². The van der Waals surface area contributed by atoms with Gasteiger partial charge in [-0.15, -0.1) is 6.58 Å². The third-order valence-electron chi connectivity index (χ3n) is 2.24. The lowest BCUT2D eigenvalue weighted by molar-refractivity contribution is 0.354. The van der Waals surface area contributed by atoms with Crippen molar-refractivity contribution in [2.45, 2.75) is 53.4 Å². The van der Waals surface area contributed by atoms with Crippen molar-refractivity contribution in [3.8, 4) is 0 Å². The molecule has 0 amide bonds. The average Bonchev–Trinajstić information content (AvgIpc) is 1.96. The summed E-state index contributed by atoms with van der Waals surface area (Å²) >= 11 is 0. The molecule has 0 aliphatic heterocycles. The van der Waals surface area contributed by atoms with E-state index >= 15 is 0 Å². The summed E-state index contributed by atoms with van der Waals surface area (Å²) in [6.45, 7) is 13.0. The Balaban J connectivity index is 3.27. The highest BCUT2D eigenvalue weighted by Gasteiger charge is 2.08. The van der Waals surface area contributed by atoms with Crippen LogP contribution in [0.5, 0.6) is 0 Å². The zero-order valence-electron chi connectivity index (χ0n) is 9.19. The largest absolute Gasteiger partial charge is 0.103 e. The fourth-order valence-electron chi connectivity index (χ4n) is 1.24. The fraction of sp³-hybridized carbons (Fsp3) is 0.833. The van der Waals surface area contributed by atoms with E-state index in [0.717, 1.165) is 0 Å². The van der Waals surface area contributed by atoms with E-state index in [1.807, 2.05) is 0 Å². The zero-order valence-corrected chi connectivity index (χ0v) is 9.19. The number of rotatable bonds is 5. The van der Waals surface area contributed by atoms with Crippen LogP contribution in [0.15, 0.2) is 12.7 Å². The van der Waals surface area contributed by atoms with E-state index in [2.05, 4.69) is 40.3 Å². The van der Waals surface area contributed by atoms with E-state index in [0.29, 0.717) is 11.3 Å². The Labute approximate surface area is 78.1 Å². The molecule has 0 nitrogen and oxygen atoms in total. The lowest BCUT2D eigenvalue weighted by Crippen LogP contribution is -2.04. The smallest absolute Gasteiger partial charge is 0.0265 e. The molecule has 0 N–H and O–H groups in total. The van der Waals surface area contributed by atoms with Crippen LogP contribution in [-0.2, 0) is 0 Å². The number of allylic oxidation sites excluding steroid dienone is 1. The molecule has 0 saturated carbocycles. The Kier molecular flexibility index (Phi) is 5.28. The standard InChI is InChI=1S/C12H24/c1-6-11(2)9-7-8-10-12(3,4)5/h6,11H,1,7-10H2,2-5H3. The molecule has 0 rings (SSSR count). The van der Waals surface area contributed by atoms with Gasteiger partial charge >= 0.3 is 0 Å². The van der Waals surface area contributed by atoms with Crippen LogP contribution in [0.1, 0.15) is 53.4 Å². The second kappa shape index (κ2) is 5.40. The van der Waals surface area contributed by atoms with E-state index in [-0.39, 0.29) is 0 Å². The van der Waals surface area contributed by atoms with Gasteiger partial charge in [0.25, 0.3) is 0 Å². The Morgan fingerprint density at radius 2 is 1.83 bits per heavy atom. The van der Waals surface area contributed by atoms with E-state index in [4.69, 9.17) is 0 Å². The molecule has 0 heterocycles. The van der Waals surface area contributed by atoms with Gasteiger partial charge in [-0.2, -0.15) is 0 Å². The summed E-state index contributed by atoms with van der Waals surface area (Å²) in [7, 11) is 0. The van der Waals surface area contributed by atoms with Crippen molar-refractivity contribution in [2.75, 3.05) is 0 Å². The molecule has 0 spiro atoms. The minimum atomic E-state index is 0.511. The molecule has 0 bridgehead atoms. The molecule has 0 radical (unpaired) electrons. The minimum Gasteiger partial charge on any atom is -0.103 e. The Morgan fingerprint density at radius 3 is 2.25 bits per heavy atom. The Bertz CT molecular complexity index is 116. The first kappa shape index (κ1) is 11.7. The van der Waals surface area contributed by atoms with Gasteiger partial charge in [0.1, 0.15) is 0 Å². The molecule has 0 aromatic heterocycles. The summed E-state index contributed by atoms with van der Waals surface area (Å²) in [4.78, 5) is 0. The summed E-state index contributed by atoms with van der Waals surface area (Å²) in [5.41, 5.74) is 0.511. The first-order valence-electron chi connectivity index (χ1n) is 5.08. The third kappa shape index (κ3) is 7.84. The molecule has 0 heteroatoms. The second-order valence-corrected chi connectivity index (χ2v) is 5.02. The van der Waals surface area contributed by atoms with Crippen LogP contribution in [0.2, 0.25) is 0 Å². The predicted octanol–water partition coefficient (Wildman–Crippen LogP) is 4.42. The Morgan fingerprint density at radius 1 is 1.25 bits per heavy atom. The topological polar surface area (TPSA) is 0 Å². The molecule has 12 heavy (non-hydrogen) atoms. The molecule has 1 unspecified atom stereocenters. The summed E-state index contributed by atoms with van der Waals surface area (Å²) in [5.74, 6) is 0.699. The van der Waals surface area contributed by atoms with Crippen molar-refractivity contribution in [2.24, 2.45) is 11.3 Å². The molecule has 0 aliphatic carbocycles. The van der Waals surface area contributed by atoms with Gasteiger partial charge in [-0.25, -0.2) is 0 Å². The SMILES string of the molecule is C=CC(C)CCCCC(C)(C)C. The summed E-state index contributed by atoms with van der Waals surface area (Å²) in [5, 5.41) is 0. The van der Waals surface area contributed by atoms with E-state index in [1.165, 1.54) is 25.7 Å². The number of hydrogen-bond donors (Lipinski definition) is 0. The van der Waals surface area contributed by atoms with Crippen molar-refractivity contribution in [1.82, 2.24) is 0 Å². The molecule has 0 aromatic rings. The van der Waals surface area contributed by atoms with Crippen LogP contribution >= 0.6 is 0 Å². The average molecular weight is 168 g/mol. The predicted molar refractivity (Wildman–Crippen MR) is 57.3 cm³/mol. The van der Waals surface area contributed by atoms with Crippen molar-refractivity contribution >= 4 is 0 Å². The summed E-state index contributed by atoms with van der Waals surface area (Å²) < 4.78 is 0. The highest BCUT2D eigenvalue weighted by atomic mass is 14.1. The lowest BCUT2D eigenvalue weighted by Gasteiger charge is -2.17. The fourth-order valence-corrected chi connectivity index (χ4v) is 1.24. The molecule has 1 atom stereocenters. The maximum atomic E-state index is 3.79. The van der Waals surface area contributed by atoms with Crippen LogP contribution in [0.25, 0.3) is 0 Å². The molecule has 0 fully saturated rings. The quantitative estimate of drug-likeness (QED) is 0.421. The van der Waals surface area contributed by atoms with E-state index < -0.39 is 0 Å². The first-order valence-corrected chi connectivity index (χ1v) is 5.08. The normalized spacial score (nSPS) is 14.3. The van der Waals surface area contributed by atoms with Crippen LogP contribution in [0.3, 0.4) is 0 Å². The van der Waals surface area contributed by atoms with Gasteiger partial charge in [-0.1, -0.05) is 46.6 Å². The first-order chi connectivity index (χ1) is 5.45. The second-order valence-electron chi connectivity index (χ2n) is 5.02. The summed E-state index contributed by atoms with van der Waals surface area (Å²) in [6, 6.07) is 0. The Hall–Kier alpha value is -0.260. The van der Waals surface area contributed by atoms with Crippen molar-refractivity contribution in [3.05, 3.63) is 12.7 Å². The number of hydrogen-bond acceptors (Lipinski definition) is 0. The van der Waals surface area contributed by atoms with Gasteiger partial charge in [0, 0.05) is 0 Å². The van der Waals surface area contributed by atoms with Crippen LogP contribution < -0.4 is 0 Å². The van der Waals surface area contributed by atoms with Crippen molar-refractivity contribution in [3.63, 3.8) is 0 Å². The molecule has 0 saturated heterocycles. The van der Waals surface area contributed by atoms with Crippen molar-refractivity contribution in [1.29, 1.82) is 0 Å². The van der Waals surface area contributed by atoms with Gasteiger partial charge in [-0.3, -0.25) is 0 Å². The van der Waals surface area contributed by atoms with Crippen LogP contribution in [0, 0.1) is 11.3 Å².